The third-order valence-corrected chi connectivity index (χ3v) is 8.13. The maximum atomic E-state index is 11.9. The Bertz CT molecular complexity index is 1160. The summed E-state index contributed by atoms with van der Waals surface area (Å²) in [6, 6.07) is 0. The fourth-order valence-electron chi connectivity index (χ4n) is 2.86. The number of phosphoric acid groups is 3. The number of hydrogen-bond donors (Lipinski definition) is 5. The summed E-state index contributed by atoms with van der Waals surface area (Å²) in [5.74, 6) is 0.0770. The summed E-state index contributed by atoms with van der Waals surface area (Å²) in [6.07, 6.45) is -0.299. The van der Waals surface area contributed by atoms with E-state index in [4.69, 9.17) is 36.6 Å². The van der Waals surface area contributed by atoms with Gasteiger partial charge in [0, 0.05) is 0 Å². The summed E-state index contributed by atoms with van der Waals surface area (Å²) >= 11 is 6.35. The average molecular weight is 554 g/mol. The third-order valence-electron chi connectivity index (χ3n) is 3.93. The average Bonchev–Trinajstić information content (AvgIpc) is 3.20. The lowest BCUT2D eigenvalue weighted by Crippen LogP contribution is -2.17. The number of halogens is 1. The first-order valence-electron chi connectivity index (χ1n) is 8.90. The minimum absolute atomic E-state index is 0.0824. The highest BCUT2D eigenvalue weighted by molar-refractivity contribution is 7.66. The molecule has 5 atom stereocenters. The predicted octanol–water partition coefficient (Wildman–Crippen LogP) is 1.05. The van der Waals surface area contributed by atoms with Gasteiger partial charge >= 0.3 is 23.5 Å². The van der Waals surface area contributed by atoms with Crippen molar-refractivity contribution in [3.63, 3.8) is 0 Å². The van der Waals surface area contributed by atoms with Crippen LogP contribution in [0.1, 0.15) is 19.6 Å². The molecule has 0 amide bonds. The van der Waals surface area contributed by atoms with Gasteiger partial charge in [-0.2, -0.15) is 18.6 Å². The summed E-state index contributed by atoms with van der Waals surface area (Å²) in [6.45, 7) is 1.41. The van der Waals surface area contributed by atoms with Gasteiger partial charge in [-0.3, -0.25) is 9.09 Å². The summed E-state index contributed by atoms with van der Waals surface area (Å²) < 4.78 is 58.4. The third kappa shape index (κ3) is 6.92. The first-order valence-corrected chi connectivity index (χ1v) is 13.9. The number of nitrogens with two attached hydrogens (primary N) is 1. The van der Waals surface area contributed by atoms with E-state index in [1.807, 2.05) is 0 Å². The van der Waals surface area contributed by atoms with Crippen LogP contribution in [0.3, 0.4) is 0 Å². The van der Waals surface area contributed by atoms with Gasteiger partial charge in [-0.1, -0.05) is 0 Å². The Morgan fingerprint density at radius 2 is 1.91 bits per heavy atom. The van der Waals surface area contributed by atoms with Crippen molar-refractivity contribution in [3.8, 4) is 5.88 Å². The molecule has 17 nitrogen and oxygen atoms in total. The molecule has 1 fully saturated rings. The Morgan fingerprint density at radius 3 is 2.55 bits per heavy atom. The minimum atomic E-state index is -5.62. The number of anilines is 1. The van der Waals surface area contributed by atoms with E-state index in [0.717, 1.165) is 0 Å². The number of ether oxygens (including phenoxy) is 2. The number of rotatable bonds is 10. The van der Waals surface area contributed by atoms with Crippen LogP contribution in [0.2, 0.25) is 0 Å². The molecule has 3 rings (SSSR count). The molecular formula is C12H19ClN5O12P3. The second-order valence-corrected chi connectivity index (χ2v) is 11.4. The molecule has 186 valence electrons. The van der Waals surface area contributed by atoms with E-state index in [1.165, 1.54) is 10.9 Å². The van der Waals surface area contributed by atoms with E-state index in [9.17, 15) is 23.5 Å². The molecule has 2 aromatic rings. The quantitative estimate of drug-likeness (QED) is 0.203. The van der Waals surface area contributed by atoms with Gasteiger partial charge in [0.05, 0.1) is 31.0 Å². The molecule has 21 heteroatoms. The number of alkyl halides is 1. The molecular weight excluding hydrogens is 535 g/mol. The molecule has 0 bridgehead atoms. The smallest absolute Gasteiger partial charge is 0.476 e. The van der Waals surface area contributed by atoms with E-state index < -0.39 is 47.8 Å². The first-order chi connectivity index (χ1) is 15.2. The molecule has 0 aromatic carbocycles. The maximum absolute atomic E-state index is 11.9. The number of aromatic nitrogens is 4. The molecule has 1 aliphatic rings. The predicted molar refractivity (Wildman–Crippen MR) is 109 cm³/mol. The van der Waals surface area contributed by atoms with Gasteiger partial charge in [0.1, 0.15) is 0 Å². The van der Waals surface area contributed by atoms with Crippen molar-refractivity contribution >= 4 is 52.2 Å². The van der Waals surface area contributed by atoms with Crippen molar-refractivity contribution in [1.82, 2.24) is 19.5 Å². The van der Waals surface area contributed by atoms with Gasteiger partial charge < -0.3 is 34.8 Å². The summed E-state index contributed by atoms with van der Waals surface area (Å²) in [7, 11) is -16.4. The van der Waals surface area contributed by atoms with E-state index in [0.29, 0.717) is 12.1 Å². The van der Waals surface area contributed by atoms with Crippen molar-refractivity contribution in [1.29, 1.82) is 0 Å². The van der Waals surface area contributed by atoms with Gasteiger partial charge in [-0.05, 0) is 13.3 Å². The van der Waals surface area contributed by atoms with Crippen LogP contribution in [0, 0.1) is 0 Å². The van der Waals surface area contributed by atoms with E-state index >= 15 is 0 Å². The van der Waals surface area contributed by atoms with Gasteiger partial charge in [0.25, 0.3) is 0 Å². The lowest BCUT2D eigenvalue weighted by Gasteiger charge is -2.19. The monoisotopic (exact) mass is 553 g/mol. The molecule has 0 spiro atoms. The van der Waals surface area contributed by atoms with Gasteiger partial charge in [-0.25, -0.2) is 18.7 Å². The Morgan fingerprint density at radius 1 is 1.21 bits per heavy atom. The fourth-order valence-corrected chi connectivity index (χ4v) is 6.29. The lowest BCUT2D eigenvalue weighted by atomic mass is 10.2. The fraction of sp³-hybridized carbons (Fsp3) is 0.583. The topological polar surface area (TPSA) is 248 Å². The zero-order valence-electron chi connectivity index (χ0n) is 16.6. The Balaban J connectivity index is 1.69. The van der Waals surface area contributed by atoms with Crippen molar-refractivity contribution in [2.75, 3.05) is 18.9 Å². The highest BCUT2D eigenvalue weighted by atomic mass is 35.5. The van der Waals surface area contributed by atoms with Crippen LogP contribution >= 0.6 is 35.1 Å². The van der Waals surface area contributed by atoms with Crippen LogP contribution in [0.4, 0.5) is 5.95 Å². The minimum Gasteiger partial charge on any atom is -0.476 e. The molecule has 33 heavy (non-hydrogen) atoms. The van der Waals surface area contributed by atoms with Crippen molar-refractivity contribution in [3.05, 3.63) is 6.33 Å². The zero-order chi connectivity index (χ0) is 24.6. The molecule has 2 aromatic heterocycles. The largest absolute Gasteiger partial charge is 0.490 e. The summed E-state index contributed by atoms with van der Waals surface area (Å²) in [5, 5.41) is -0.691. The van der Waals surface area contributed by atoms with Crippen LogP contribution in [-0.2, 0) is 31.6 Å². The second-order valence-electron chi connectivity index (χ2n) is 6.43. The van der Waals surface area contributed by atoms with Crippen LogP contribution in [0.15, 0.2) is 6.33 Å². The van der Waals surface area contributed by atoms with E-state index in [-0.39, 0.29) is 23.9 Å². The number of phosphoric ester groups is 1. The number of imidazole rings is 1. The van der Waals surface area contributed by atoms with Gasteiger partial charge in [0.15, 0.2) is 17.4 Å². The molecule has 0 saturated carbocycles. The molecule has 3 heterocycles. The zero-order valence-corrected chi connectivity index (χ0v) is 20.0. The number of hydrogen-bond acceptors (Lipinski definition) is 12. The van der Waals surface area contributed by atoms with Crippen molar-refractivity contribution in [2.24, 2.45) is 0 Å². The van der Waals surface area contributed by atoms with Gasteiger partial charge in [-0.15, -0.1) is 11.6 Å². The second kappa shape index (κ2) is 9.82. The highest BCUT2D eigenvalue weighted by Crippen LogP contribution is 2.66. The van der Waals surface area contributed by atoms with Crippen molar-refractivity contribution < 1.29 is 55.9 Å². The van der Waals surface area contributed by atoms with Crippen molar-refractivity contribution in [2.45, 2.75) is 31.1 Å². The van der Waals surface area contributed by atoms with E-state index in [2.05, 4.69) is 28.1 Å². The molecule has 1 aliphatic heterocycles. The molecule has 5 unspecified atom stereocenters. The van der Waals surface area contributed by atoms with Crippen LogP contribution in [0.5, 0.6) is 5.88 Å². The molecule has 1 saturated heterocycles. The molecule has 6 N–H and O–H groups in total. The maximum Gasteiger partial charge on any atom is 0.490 e. The molecule has 0 radical (unpaired) electrons. The normalized spacial score (nSPS) is 25.1. The summed E-state index contributed by atoms with van der Waals surface area (Å²) in [4.78, 5) is 48.1. The summed E-state index contributed by atoms with van der Waals surface area (Å²) in [5.41, 5.74) is 6.28. The lowest BCUT2D eigenvalue weighted by molar-refractivity contribution is -0.0197. The van der Waals surface area contributed by atoms with E-state index in [1.54, 1.807) is 6.92 Å². The standard InChI is InChI=1S/C12H19ClN5O12P3/c1-2-26-10-8-9(16-12(14)17-10)18(5-15-8)11-7(13)3-6(28-11)4-27-32(22,23)30-33(24,25)29-31(19,20)21/h5-7,11H,2-4H2,1H3,(H,22,23)(H,24,25)(H2,14,16,17)(H2,19,20,21). The SMILES string of the molecule is CCOc1nc(N)nc2c1ncn2C1OC(COP(=O)(O)OP(=O)(O)OP(=O)(O)O)CC1Cl. The number of nitrogen functional groups attached to an aromatic ring is 1. The molecule has 0 aliphatic carbocycles. The first kappa shape index (κ1) is 26.4. The van der Waals surface area contributed by atoms with Crippen LogP contribution in [0.25, 0.3) is 11.2 Å². The van der Waals surface area contributed by atoms with Crippen LogP contribution in [-0.4, -0.2) is 63.8 Å². The number of nitrogens with zero attached hydrogens (tertiary/aromatic N) is 4. The number of fused-ring (bicyclic) bond motifs is 1. The Hall–Kier alpha value is -1.19. The van der Waals surface area contributed by atoms with Gasteiger partial charge in [0.2, 0.25) is 11.8 Å². The Labute approximate surface area is 190 Å². The van der Waals surface area contributed by atoms with Crippen LogP contribution < -0.4 is 10.5 Å². The Kier molecular flexibility index (Phi) is 7.86. The highest BCUT2D eigenvalue weighted by Gasteiger charge is 2.42.